The molecule has 1 aromatic rings. The molecule has 34 heavy (non-hydrogen) atoms. The number of ether oxygens (including phenoxy) is 2. The molecule has 1 aliphatic heterocycles. The maximum Gasteiger partial charge on any atom is 0.433 e. The molecular weight excluding hydrogens is 489 g/mol. The van der Waals surface area contributed by atoms with Crippen molar-refractivity contribution in [1.82, 2.24) is 4.90 Å². The number of carbonyl (C=O) groups is 1. The molecule has 0 spiro atoms. The van der Waals surface area contributed by atoms with Crippen LogP contribution in [-0.2, 0) is 26.6 Å². The van der Waals surface area contributed by atoms with Crippen molar-refractivity contribution < 1.29 is 53.8 Å². The van der Waals surface area contributed by atoms with Crippen molar-refractivity contribution in [1.29, 1.82) is 5.41 Å². The van der Waals surface area contributed by atoms with Gasteiger partial charge in [0, 0.05) is 18.7 Å². The minimum absolute atomic E-state index is 0.239. The van der Waals surface area contributed by atoms with E-state index in [9.17, 15) is 44.3 Å². The second kappa shape index (κ2) is 9.18. The fourth-order valence-electron chi connectivity index (χ4n) is 2.66. The van der Waals surface area contributed by atoms with E-state index in [0.717, 1.165) is 7.05 Å². The summed E-state index contributed by atoms with van der Waals surface area (Å²) in [6.45, 7) is 2.77. The zero-order chi connectivity index (χ0) is 26.2. The number of rotatable bonds is 3. The van der Waals surface area contributed by atoms with Gasteiger partial charge in [0.25, 0.3) is 0 Å². The van der Waals surface area contributed by atoms with E-state index in [0.29, 0.717) is 11.0 Å². The van der Waals surface area contributed by atoms with Crippen LogP contribution in [0.2, 0.25) is 0 Å². The fourth-order valence-corrected chi connectivity index (χ4v) is 2.66. The van der Waals surface area contributed by atoms with Gasteiger partial charge in [-0.05, 0) is 12.1 Å². The highest BCUT2D eigenvalue weighted by Crippen LogP contribution is 2.42. The first-order chi connectivity index (χ1) is 15.3. The molecule has 1 unspecified atom stereocenters. The maximum absolute atomic E-state index is 13.6. The van der Waals surface area contributed by atoms with Crippen molar-refractivity contribution in [2.75, 3.05) is 7.05 Å². The molecular formula is C19H16F9N3O3. The highest BCUT2D eigenvalue weighted by molar-refractivity contribution is 6.00. The number of allylic oxidation sites excluding steroid dienone is 1. The van der Waals surface area contributed by atoms with Crippen LogP contribution in [0.4, 0.5) is 39.5 Å². The lowest BCUT2D eigenvalue weighted by Crippen LogP contribution is -2.36. The maximum atomic E-state index is 13.6. The third-order valence-corrected chi connectivity index (χ3v) is 4.35. The number of carbonyl (C=O) groups excluding carboxylic acids is 1. The van der Waals surface area contributed by atoms with Crippen LogP contribution in [0.5, 0.6) is 0 Å². The first kappa shape index (κ1) is 27.0. The largest absolute Gasteiger partial charge is 0.433 e. The van der Waals surface area contributed by atoms with Gasteiger partial charge in [0.15, 0.2) is 0 Å². The van der Waals surface area contributed by atoms with Crippen molar-refractivity contribution >= 4 is 17.8 Å². The molecule has 188 valence electrons. The summed E-state index contributed by atoms with van der Waals surface area (Å²) >= 11 is 0. The molecule has 0 saturated heterocycles. The molecule has 2 rings (SSSR count). The summed E-state index contributed by atoms with van der Waals surface area (Å²) < 4.78 is 129. The number of aliphatic imine (C=N–C) groups is 1. The number of halogens is 9. The zero-order valence-corrected chi connectivity index (χ0v) is 17.5. The molecule has 0 amide bonds. The normalized spacial score (nSPS) is 17.3. The Morgan fingerprint density at radius 2 is 1.62 bits per heavy atom. The molecule has 1 N–H and O–H groups in total. The van der Waals surface area contributed by atoms with Gasteiger partial charge in [0.05, 0.1) is 17.0 Å². The summed E-state index contributed by atoms with van der Waals surface area (Å²) in [6.07, 6.45) is -18.9. The Bertz CT molecular complexity index is 1020. The van der Waals surface area contributed by atoms with Crippen LogP contribution in [0.3, 0.4) is 0 Å². The molecule has 0 aliphatic carbocycles. The van der Waals surface area contributed by atoms with Crippen LogP contribution in [0.25, 0.3) is 0 Å². The van der Waals surface area contributed by atoms with Gasteiger partial charge >= 0.3 is 30.6 Å². The molecule has 0 radical (unpaired) electrons. The molecule has 1 aliphatic rings. The Balaban J connectivity index is 2.57. The van der Waals surface area contributed by atoms with Gasteiger partial charge in [-0.15, -0.1) is 0 Å². The number of alkyl halides is 9. The van der Waals surface area contributed by atoms with Crippen molar-refractivity contribution in [2.45, 2.75) is 38.5 Å². The Hall–Kier alpha value is -3.26. The Morgan fingerprint density at radius 1 is 1.03 bits per heavy atom. The first-order valence-electron chi connectivity index (χ1n) is 9.18. The smallest absolute Gasteiger partial charge is 0.394 e. The molecule has 15 heteroatoms. The molecule has 1 heterocycles. The van der Waals surface area contributed by atoms with Gasteiger partial charge < -0.3 is 14.4 Å². The van der Waals surface area contributed by atoms with Gasteiger partial charge in [0.1, 0.15) is 11.9 Å². The second-order valence-corrected chi connectivity index (χ2v) is 7.24. The minimum atomic E-state index is -5.38. The summed E-state index contributed by atoms with van der Waals surface area (Å²) in [7, 11) is 0.933. The van der Waals surface area contributed by atoms with Crippen LogP contribution >= 0.6 is 0 Å². The Morgan fingerprint density at radius 3 is 2.09 bits per heavy atom. The van der Waals surface area contributed by atoms with Gasteiger partial charge in [-0.2, -0.15) is 39.5 Å². The Kier molecular flexibility index (Phi) is 7.28. The molecule has 0 saturated carbocycles. The predicted molar refractivity (Wildman–Crippen MR) is 98.3 cm³/mol. The van der Waals surface area contributed by atoms with E-state index >= 15 is 0 Å². The minimum Gasteiger partial charge on any atom is -0.394 e. The lowest BCUT2D eigenvalue weighted by atomic mass is 9.99. The van der Waals surface area contributed by atoms with Gasteiger partial charge in [0.2, 0.25) is 5.88 Å². The Labute approximate surface area is 186 Å². The summed E-state index contributed by atoms with van der Waals surface area (Å²) in [6, 6.07) is 0.390. The van der Waals surface area contributed by atoms with Crippen molar-refractivity contribution in [2.24, 2.45) is 10.9 Å². The topological polar surface area (TPSA) is 75.0 Å². The van der Waals surface area contributed by atoms with Gasteiger partial charge in [-0.3, -0.25) is 9.79 Å². The summed E-state index contributed by atoms with van der Waals surface area (Å²) in [5.74, 6) is -2.61. The predicted octanol–water partition coefficient (Wildman–Crippen LogP) is 5.66. The van der Waals surface area contributed by atoms with E-state index in [2.05, 4.69) is 9.73 Å². The summed E-state index contributed by atoms with van der Waals surface area (Å²) in [5, 5.41) is 7.51. The van der Waals surface area contributed by atoms with Crippen LogP contribution in [0, 0.1) is 11.3 Å². The molecule has 0 bridgehead atoms. The monoisotopic (exact) mass is 505 g/mol. The number of benzene rings is 1. The van der Waals surface area contributed by atoms with E-state index in [1.54, 1.807) is 0 Å². The van der Waals surface area contributed by atoms with Gasteiger partial charge in [-0.25, -0.2) is 5.41 Å². The van der Waals surface area contributed by atoms with E-state index < -0.39 is 71.0 Å². The third-order valence-electron chi connectivity index (χ3n) is 4.35. The highest BCUT2D eigenvalue weighted by Gasteiger charge is 2.44. The lowest BCUT2D eigenvalue weighted by molar-refractivity contribution is -0.144. The van der Waals surface area contributed by atoms with Gasteiger partial charge in [-0.1, -0.05) is 19.9 Å². The summed E-state index contributed by atoms with van der Waals surface area (Å²) in [5.41, 5.74) is -6.31. The second-order valence-electron chi connectivity index (χ2n) is 7.24. The number of hydrogen-bond donors (Lipinski definition) is 1. The number of nitrogens with one attached hydrogen (secondary N) is 1. The quantitative estimate of drug-likeness (QED) is 0.249. The van der Waals surface area contributed by atoms with Crippen molar-refractivity contribution in [3.05, 3.63) is 46.8 Å². The van der Waals surface area contributed by atoms with Crippen molar-refractivity contribution in [3.63, 3.8) is 0 Å². The lowest BCUT2D eigenvalue weighted by Gasteiger charge is -2.34. The molecule has 1 aromatic carbocycles. The van der Waals surface area contributed by atoms with E-state index in [1.807, 2.05) is 0 Å². The first-order valence-corrected chi connectivity index (χ1v) is 9.18. The van der Waals surface area contributed by atoms with E-state index in [4.69, 9.17) is 10.1 Å². The van der Waals surface area contributed by atoms with Crippen LogP contribution < -0.4 is 0 Å². The number of nitrogens with zero attached hydrogens (tertiary/aromatic N) is 2. The summed E-state index contributed by atoms with van der Waals surface area (Å²) in [4.78, 5) is 15.4. The zero-order valence-electron chi connectivity index (χ0n) is 17.5. The third kappa shape index (κ3) is 6.20. The average Bonchev–Trinajstić information content (AvgIpc) is 2.66. The molecule has 1 atom stereocenters. The van der Waals surface area contributed by atoms with Crippen LogP contribution in [0.15, 0.2) is 35.2 Å². The average molecular weight is 505 g/mol. The molecule has 6 nitrogen and oxygen atoms in total. The van der Waals surface area contributed by atoms with E-state index in [1.165, 1.54) is 13.8 Å². The van der Waals surface area contributed by atoms with Crippen LogP contribution in [0.1, 0.15) is 36.7 Å². The molecule has 0 fully saturated rings. The highest BCUT2D eigenvalue weighted by atomic mass is 19.4. The fraction of sp³-hybridized carbons (Fsp3) is 0.421. The standard InChI is InChI=1S/C19H16F9N3O3/c1-8(2)15(32)34-16(29)33-13-7-12(19(26,27)28)30-14(31(13)3)10-5-4-9(17(20,21)22)6-11(10)18(23,24)25/h4-8,14,29H,1-3H3. The SMILES string of the molecule is CC(C)C(=O)OC(=N)OC1=CC(C(F)(F)F)=NC(c2ccc(C(F)(F)F)cc2C(F)(F)F)N1C. The number of esters is 1. The van der Waals surface area contributed by atoms with E-state index in [-0.39, 0.29) is 18.2 Å². The van der Waals surface area contributed by atoms with Crippen LogP contribution in [-0.4, -0.2) is 35.9 Å². The number of hydrogen-bond acceptors (Lipinski definition) is 6. The van der Waals surface area contributed by atoms with Crippen molar-refractivity contribution in [3.8, 4) is 0 Å². The molecule has 0 aromatic heterocycles.